The van der Waals surface area contributed by atoms with Crippen molar-refractivity contribution in [2.45, 2.75) is 32.7 Å². The highest BCUT2D eigenvalue weighted by Gasteiger charge is 2.24. The molecule has 0 radical (unpaired) electrons. The molecule has 3 heterocycles. The van der Waals surface area contributed by atoms with Crippen LogP contribution in [0.5, 0.6) is 0 Å². The lowest BCUT2D eigenvalue weighted by Gasteiger charge is -2.27. The minimum absolute atomic E-state index is 0.444. The molecule has 0 saturated carbocycles. The molecule has 0 amide bonds. The van der Waals surface area contributed by atoms with Crippen molar-refractivity contribution in [1.29, 1.82) is 0 Å². The summed E-state index contributed by atoms with van der Waals surface area (Å²) >= 11 is 0. The van der Waals surface area contributed by atoms with E-state index in [2.05, 4.69) is 35.3 Å². The Morgan fingerprint density at radius 2 is 1.87 bits per heavy atom. The molecule has 1 aliphatic heterocycles. The molecular weight excluding hydrogens is 286 g/mol. The van der Waals surface area contributed by atoms with Crippen LogP contribution in [-0.4, -0.2) is 26.1 Å². The maximum absolute atomic E-state index is 4.86. The van der Waals surface area contributed by atoms with Crippen molar-refractivity contribution >= 4 is 16.9 Å². The molecule has 1 aliphatic rings. The van der Waals surface area contributed by atoms with E-state index in [9.17, 15) is 0 Å². The molecule has 5 heteroatoms. The average Bonchev–Trinajstić information content (AvgIpc) is 2.91. The second kappa shape index (κ2) is 5.33. The fourth-order valence-electron chi connectivity index (χ4n) is 3.36. The van der Waals surface area contributed by atoms with E-state index in [0.29, 0.717) is 5.92 Å². The predicted octanol–water partition coefficient (Wildman–Crippen LogP) is 3.05. The van der Waals surface area contributed by atoms with E-state index in [4.69, 9.17) is 9.97 Å². The second-order valence-electron chi connectivity index (χ2n) is 6.47. The second-order valence-corrected chi connectivity index (χ2v) is 6.47. The van der Waals surface area contributed by atoms with Crippen LogP contribution in [0, 0.1) is 0 Å². The van der Waals surface area contributed by atoms with Crippen molar-refractivity contribution in [1.82, 2.24) is 19.5 Å². The van der Waals surface area contributed by atoms with Gasteiger partial charge in [0.15, 0.2) is 0 Å². The molecule has 0 spiro atoms. The third-order valence-electron chi connectivity index (χ3n) is 4.57. The van der Waals surface area contributed by atoms with Crippen molar-refractivity contribution in [2.75, 3.05) is 11.4 Å². The summed E-state index contributed by atoms with van der Waals surface area (Å²) in [5.41, 5.74) is 4.42. The number of fused-ring (bicyclic) bond motifs is 2. The first-order valence-electron chi connectivity index (χ1n) is 8.14. The molecule has 0 saturated heterocycles. The van der Waals surface area contributed by atoms with Crippen LogP contribution in [0.15, 0.2) is 30.5 Å². The van der Waals surface area contributed by atoms with Crippen molar-refractivity contribution in [3.63, 3.8) is 0 Å². The third-order valence-corrected chi connectivity index (χ3v) is 4.57. The number of nitrogens with zero attached hydrogens (tertiary/aromatic N) is 5. The monoisotopic (exact) mass is 307 g/mol. The number of hydrogen-bond acceptors (Lipinski definition) is 4. The molecule has 0 aliphatic carbocycles. The van der Waals surface area contributed by atoms with E-state index in [1.54, 1.807) is 0 Å². The predicted molar refractivity (Wildman–Crippen MR) is 91.6 cm³/mol. The molecule has 3 aromatic rings. The van der Waals surface area contributed by atoms with Crippen LogP contribution in [-0.2, 0) is 20.0 Å². The number of anilines is 1. The van der Waals surface area contributed by atoms with Crippen molar-refractivity contribution in [2.24, 2.45) is 7.05 Å². The van der Waals surface area contributed by atoms with E-state index in [1.165, 1.54) is 17.2 Å². The fraction of sp³-hybridized carbons (Fsp3) is 0.389. The van der Waals surface area contributed by atoms with Gasteiger partial charge in [0.2, 0.25) is 0 Å². The molecule has 5 nitrogen and oxygen atoms in total. The van der Waals surface area contributed by atoms with Crippen LogP contribution in [0.2, 0.25) is 0 Å². The SMILES string of the molecule is CC(C)c1nc2c(n1C)CCN(c1cnc3ccccc3n1)C2. The molecule has 118 valence electrons. The summed E-state index contributed by atoms with van der Waals surface area (Å²) in [4.78, 5) is 16.4. The molecule has 0 unspecified atom stereocenters. The summed E-state index contributed by atoms with van der Waals surface area (Å²) in [5, 5.41) is 0. The topological polar surface area (TPSA) is 46.8 Å². The van der Waals surface area contributed by atoms with Gasteiger partial charge >= 0.3 is 0 Å². The van der Waals surface area contributed by atoms with Crippen LogP contribution in [0.4, 0.5) is 5.82 Å². The van der Waals surface area contributed by atoms with E-state index >= 15 is 0 Å². The summed E-state index contributed by atoms with van der Waals surface area (Å²) in [5.74, 6) is 2.55. The van der Waals surface area contributed by atoms with Gasteiger partial charge in [-0.05, 0) is 12.1 Å². The Bertz CT molecular complexity index is 865. The number of imidazole rings is 1. The molecule has 0 fully saturated rings. The molecule has 0 atom stereocenters. The molecule has 1 aromatic carbocycles. The van der Waals surface area contributed by atoms with E-state index in [0.717, 1.165) is 36.4 Å². The van der Waals surface area contributed by atoms with Crippen LogP contribution in [0.3, 0.4) is 0 Å². The lowest BCUT2D eigenvalue weighted by atomic mass is 10.1. The van der Waals surface area contributed by atoms with Gasteiger partial charge < -0.3 is 9.47 Å². The van der Waals surface area contributed by atoms with Gasteiger partial charge in [0.25, 0.3) is 0 Å². The van der Waals surface area contributed by atoms with Gasteiger partial charge in [0, 0.05) is 31.6 Å². The number of hydrogen-bond donors (Lipinski definition) is 0. The Balaban J connectivity index is 1.67. The van der Waals surface area contributed by atoms with Crippen molar-refractivity contribution in [3.05, 3.63) is 47.7 Å². The fourth-order valence-corrected chi connectivity index (χ4v) is 3.36. The first kappa shape index (κ1) is 14.2. The number of benzene rings is 1. The quantitative estimate of drug-likeness (QED) is 0.730. The van der Waals surface area contributed by atoms with Crippen molar-refractivity contribution in [3.8, 4) is 0 Å². The summed E-state index contributed by atoms with van der Waals surface area (Å²) in [6, 6.07) is 8.00. The zero-order valence-corrected chi connectivity index (χ0v) is 13.8. The van der Waals surface area contributed by atoms with E-state index in [-0.39, 0.29) is 0 Å². The summed E-state index contributed by atoms with van der Waals surface area (Å²) < 4.78 is 2.27. The third kappa shape index (κ3) is 2.36. The molecule has 2 aromatic heterocycles. The minimum atomic E-state index is 0.444. The van der Waals surface area contributed by atoms with Gasteiger partial charge in [-0.1, -0.05) is 26.0 Å². The zero-order valence-electron chi connectivity index (χ0n) is 13.8. The summed E-state index contributed by atoms with van der Waals surface area (Å²) in [6.07, 6.45) is 2.87. The molecule has 23 heavy (non-hydrogen) atoms. The Labute approximate surface area is 136 Å². The lowest BCUT2D eigenvalue weighted by Crippen LogP contribution is -2.31. The lowest BCUT2D eigenvalue weighted by molar-refractivity contribution is 0.659. The highest BCUT2D eigenvalue weighted by Crippen LogP contribution is 2.26. The zero-order chi connectivity index (χ0) is 16.0. The van der Waals surface area contributed by atoms with Crippen LogP contribution in [0.1, 0.15) is 37.0 Å². The van der Waals surface area contributed by atoms with Crippen LogP contribution >= 0.6 is 0 Å². The van der Waals surface area contributed by atoms with E-state index in [1.807, 2.05) is 30.5 Å². The average molecular weight is 307 g/mol. The molecule has 4 rings (SSSR count). The molecular formula is C18H21N5. The first-order chi connectivity index (χ1) is 11.1. The number of rotatable bonds is 2. The Kier molecular flexibility index (Phi) is 3.29. The summed E-state index contributed by atoms with van der Waals surface area (Å²) in [7, 11) is 2.13. The maximum atomic E-state index is 4.86. The highest BCUT2D eigenvalue weighted by atomic mass is 15.2. The Hall–Kier alpha value is -2.43. The highest BCUT2D eigenvalue weighted by molar-refractivity contribution is 5.75. The van der Waals surface area contributed by atoms with E-state index < -0.39 is 0 Å². The van der Waals surface area contributed by atoms with Gasteiger partial charge in [-0.25, -0.2) is 9.97 Å². The van der Waals surface area contributed by atoms with Gasteiger partial charge in [-0.15, -0.1) is 0 Å². The standard InChI is InChI=1S/C18H21N5/c1-12(2)18-21-15-11-23(9-8-16(15)22(18)3)17-10-19-13-6-4-5-7-14(13)20-17/h4-7,10,12H,8-9,11H2,1-3H3. The molecule has 0 bridgehead atoms. The van der Waals surface area contributed by atoms with Gasteiger partial charge in [0.05, 0.1) is 29.5 Å². The Morgan fingerprint density at radius 3 is 2.65 bits per heavy atom. The van der Waals surface area contributed by atoms with Gasteiger partial charge in [-0.3, -0.25) is 4.98 Å². The van der Waals surface area contributed by atoms with Crippen LogP contribution in [0.25, 0.3) is 11.0 Å². The normalized spacial score (nSPS) is 14.5. The maximum Gasteiger partial charge on any atom is 0.148 e. The van der Waals surface area contributed by atoms with Gasteiger partial charge in [0.1, 0.15) is 11.6 Å². The Morgan fingerprint density at radius 1 is 1.09 bits per heavy atom. The summed E-state index contributed by atoms with van der Waals surface area (Å²) in [6.45, 7) is 6.15. The van der Waals surface area contributed by atoms with Gasteiger partial charge in [-0.2, -0.15) is 0 Å². The number of para-hydroxylation sites is 2. The van der Waals surface area contributed by atoms with Crippen molar-refractivity contribution < 1.29 is 0 Å². The molecule has 0 N–H and O–H groups in total. The van der Waals surface area contributed by atoms with Crippen LogP contribution < -0.4 is 4.90 Å². The minimum Gasteiger partial charge on any atom is -0.349 e. The number of aromatic nitrogens is 4. The first-order valence-corrected chi connectivity index (χ1v) is 8.14. The smallest absolute Gasteiger partial charge is 0.148 e. The largest absolute Gasteiger partial charge is 0.349 e.